The molecule has 3 aromatic carbocycles. The maximum atomic E-state index is 13.6. The van der Waals surface area contributed by atoms with Gasteiger partial charge < -0.3 is 19.5 Å². The van der Waals surface area contributed by atoms with Crippen LogP contribution in [0.5, 0.6) is 11.5 Å². The number of benzene rings is 3. The van der Waals surface area contributed by atoms with Gasteiger partial charge in [0, 0.05) is 25.0 Å². The van der Waals surface area contributed by atoms with Crippen molar-refractivity contribution >= 4 is 22.5 Å². The molecule has 0 bridgehead atoms. The molecule has 0 aliphatic carbocycles. The summed E-state index contributed by atoms with van der Waals surface area (Å²) in [7, 11) is 3.22. The Hall–Kier alpha value is -3.88. The molecule has 36 heavy (non-hydrogen) atoms. The number of aromatic nitrogens is 2. The summed E-state index contributed by atoms with van der Waals surface area (Å²) >= 11 is 0. The molecule has 186 valence electrons. The minimum Gasteiger partial charge on any atom is -0.495 e. The number of morpholine rings is 1. The number of rotatable bonds is 8. The predicted octanol–water partition coefficient (Wildman–Crippen LogP) is 4.31. The quantitative estimate of drug-likeness (QED) is 0.400. The third-order valence-electron chi connectivity index (χ3n) is 6.45. The second-order valence-electron chi connectivity index (χ2n) is 8.62. The fraction of sp³-hybridized carbons (Fsp3) is 0.286. The highest BCUT2D eigenvalue weighted by atomic mass is 16.5. The summed E-state index contributed by atoms with van der Waals surface area (Å²) in [5, 5.41) is 8.51. The number of carbonyl (C=O) groups is 1. The molecule has 4 aromatic rings. The number of anilines is 1. The fourth-order valence-electron chi connectivity index (χ4n) is 4.56. The van der Waals surface area contributed by atoms with E-state index >= 15 is 0 Å². The number of hydrogen-bond acceptors (Lipinski definition) is 6. The molecule has 1 aliphatic rings. The zero-order valence-electron chi connectivity index (χ0n) is 20.6. The lowest BCUT2D eigenvalue weighted by atomic mass is 10.0. The topological polar surface area (TPSA) is 77.9 Å². The van der Waals surface area contributed by atoms with Crippen LogP contribution in [0.3, 0.4) is 0 Å². The van der Waals surface area contributed by atoms with Crippen LogP contribution in [0.4, 0.5) is 5.69 Å². The summed E-state index contributed by atoms with van der Waals surface area (Å²) in [6, 6.07) is 21.4. The van der Waals surface area contributed by atoms with Crippen LogP contribution in [0.25, 0.3) is 22.0 Å². The van der Waals surface area contributed by atoms with E-state index in [-0.39, 0.29) is 5.91 Å². The van der Waals surface area contributed by atoms with Gasteiger partial charge >= 0.3 is 0 Å². The van der Waals surface area contributed by atoms with Gasteiger partial charge in [0.1, 0.15) is 17.0 Å². The van der Waals surface area contributed by atoms with Gasteiger partial charge in [-0.3, -0.25) is 14.4 Å². The van der Waals surface area contributed by atoms with Crippen LogP contribution in [0.15, 0.2) is 66.7 Å². The summed E-state index contributed by atoms with van der Waals surface area (Å²) in [6.07, 6.45) is 0. The molecule has 5 rings (SSSR count). The first-order valence-electron chi connectivity index (χ1n) is 12.1. The van der Waals surface area contributed by atoms with Crippen molar-refractivity contribution in [3.05, 3.63) is 72.4 Å². The van der Waals surface area contributed by atoms with Gasteiger partial charge in [-0.1, -0.05) is 48.5 Å². The minimum atomic E-state index is -0.304. The van der Waals surface area contributed by atoms with Crippen molar-refractivity contribution in [2.75, 3.05) is 52.4 Å². The number of hydrogen-bond donors (Lipinski definition) is 1. The molecule has 1 N–H and O–H groups in total. The summed E-state index contributed by atoms with van der Waals surface area (Å²) in [4.78, 5) is 15.9. The molecule has 2 heterocycles. The van der Waals surface area contributed by atoms with Crippen LogP contribution < -0.4 is 14.8 Å². The van der Waals surface area contributed by atoms with E-state index in [1.54, 1.807) is 14.2 Å². The van der Waals surface area contributed by atoms with Gasteiger partial charge in [-0.15, -0.1) is 0 Å². The fourth-order valence-corrected chi connectivity index (χ4v) is 4.56. The van der Waals surface area contributed by atoms with Gasteiger partial charge in [0.25, 0.3) is 5.91 Å². The van der Waals surface area contributed by atoms with Crippen LogP contribution in [-0.4, -0.2) is 67.7 Å². The number of para-hydroxylation sites is 1. The zero-order chi connectivity index (χ0) is 24.9. The number of nitrogens with zero attached hydrogens (tertiary/aromatic N) is 3. The standard InChI is InChI=1S/C28H30N4O4/c1-34-24-12-11-21(20-7-4-3-5-8-20)19-23(24)29-28(33)26-22-9-6-10-25(35-2)27(22)32(30-26)14-13-31-15-17-36-18-16-31/h3-12,19H,13-18H2,1-2H3,(H,29,33). The lowest BCUT2D eigenvalue weighted by Gasteiger charge is -2.26. The van der Waals surface area contributed by atoms with Crippen LogP contribution in [0.1, 0.15) is 10.5 Å². The van der Waals surface area contributed by atoms with Crippen molar-refractivity contribution < 1.29 is 19.0 Å². The van der Waals surface area contributed by atoms with Crippen molar-refractivity contribution in [2.24, 2.45) is 0 Å². The molecule has 1 fully saturated rings. The van der Waals surface area contributed by atoms with E-state index in [2.05, 4.69) is 10.2 Å². The van der Waals surface area contributed by atoms with E-state index in [0.717, 1.165) is 54.9 Å². The van der Waals surface area contributed by atoms with Crippen LogP contribution in [0, 0.1) is 0 Å². The normalized spacial score (nSPS) is 14.1. The van der Waals surface area contributed by atoms with E-state index < -0.39 is 0 Å². The molecule has 0 radical (unpaired) electrons. The van der Waals surface area contributed by atoms with Crippen LogP contribution in [-0.2, 0) is 11.3 Å². The minimum absolute atomic E-state index is 0.304. The SMILES string of the molecule is COc1ccc(-c2ccccc2)cc1NC(=O)c1nn(CCN2CCOCC2)c2c(OC)cccc12. The van der Waals surface area contributed by atoms with E-state index in [9.17, 15) is 4.79 Å². The van der Waals surface area contributed by atoms with Crippen molar-refractivity contribution in [2.45, 2.75) is 6.54 Å². The average molecular weight is 487 g/mol. The highest BCUT2D eigenvalue weighted by Crippen LogP contribution is 2.32. The van der Waals surface area contributed by atoms with Gasteiger partial charge in [-0.2, -0.15) is 5.10 Å². The molecule has 1 aromatic heterocycles. The summed E-state index contributed by atoms with van der Waals surface area (Å²) in [5.41, 5.74) is 3.77. The maximum absolute atomic E-state index is 13.6. The van der Waals surface area contributed by atoms with E-state index in [0.29, 0.717) is 29.4 Å². The number of amides is 1. The van der Waals surface area contributed by atoms with E-state index in [4.69, 9.17) is 19.3 Å². The third-order valence-corrected chi connectivity index (χ3v) is 6.45. The van der Waals surface area contributed by atoms with Crippen LogP contribution >= 0.6 is 0 Å². The number of carbonyl (C=O) groups excluding carboxylic acids is 1. The Morgan fingerprint density at radius 1 is 0.917 bits per heavy atom. The lowest BCUT2D eigenvalue weighted by Crippen LogP contribution is -2.38. The van der Waals surface area contributed by atoms with Gasteiger partial charge in [0.15, 0.2) is 5.69 Å². The molecular formula is C28H30N4O4. The van der Waals surface area contributed by atoms with E-state index in [1.165, 1.54) is 0 Å². The third kappa shape index (κ3) is 4.91. The molecule has 8 heteroatoms. The second-order valence-corrected chi connectivity index (χ2v) is 8.62. The Balaban J connectivity index is 1.46. The number of fused-ring (bicyclic) bond motifs is 1. The Morgan fingerprint density at radius 2 is 1.69 bits per heavy atom. The number of nitrogens with one attached hydrogen (secondary N) is 1. The highest BCUT2D eigenvalue weighted by molar-refractivity contribution is 6.12. The Bertz CT molecular complexity index is 1350. The van der Waals surface area contributed by atoms with Crippen molar-refractivity contribution in [3.8, 4) is 22.6 Å². The maximum Gasteiger partial charge on any atom is 0.276 e. The first-order valence-corrected chi connectivity index (χ1v) is 12.1. The van der Waals surface area contributed by atoms with Crippen molar-refractivity contribution in [1.82, 2.24) is 14.7 Å². The van der Waals surface area contributed by atoms with Crippen molar-refractivity contribution in [1.29, 1.82) is 0 Å². The molecule has 0 atom stereocenters. The number of methoxy groups -OCH3 is 2. The van der Waals surface area contributed by atoms with Gasteiger partial charge in [-0.05, 0) is 29.3 Å². The van der Waals surface area contributed by atoms with Gasteiger partial charge in [0.2, 0.25) is 0 Å². The first kappa shape index (κ1) is 23.8. The second kappa shape index (κ2) is 10.8. The molecule has 1 amide bonds. The van der Waals surface area contributed by atoms with E-state index in [1.807, 2.05) is 71.4 Å². The zero-order valence-corrected chi connectivity index (χ0v) is 20.6. The lowest BCUT2D eigenvalue weighted by molar-refractivity contribution is 0.0361. The average Bonchev–Trinajstić information content (AvgIpc) is 3.32. The molecular weight excluding hydrogens is 456 g/mol. The molecule has 0 saturated carbocycles. The summed E-state index contributed by atoms with van der Waals surface area (Å²) < 4.78 is 18.5. The smallest absolute Gasteiger partial charge is 0.276 e. The highest BCUT2D eigenvalue weighted by Gasteiger charge is 2.22. The monoisotopic (exact) mass is 486 g/mol. The van der Waals surface area contributed by atoms with Crippen LogP contribution in [0.2, 0.25) is 0 Å². The largest absolute Gasteiger partial charge is 0.495 e. The summed E-state index contributed by atoms with van der Waals surface area (Å²) in [5.74, 6) is 0.961. The predicted molar refractivity (Wildman–Crippen MR) is 140 cm³/mol. The Labute approximate surface area is 210 Å². The molecule has 0 unspecified atom stereocenters. The van der Waals surface area contributed by atoms with Gasteiger partial charge in [0.05, 0.1) is 39.7 Å². The molecule has 1 saturated heterocycles. The van der Waals surface area contributed by atoms with Crippen molar-refractivity contribution in [3.63, 3.8) is 0 Å². The number of ether oxygens (including phenoxy) is 3. The van der Waals surface area contributed by atoms with Gasteiger partial charge in [-0.25, -0.2) is 0 Å². The Kier molecular flexibility index (Phi) is 7.16. The molecule has 8 nitrogen and oxygen atoms in total. The summed E-state index contributed by atoms with van der Waals surface area (Å²) in [6.45, 7) is 4.70. The first-order chi connectivity index (χ1) is 17.7. The molecule has 0 spiro atoms. The molecule has 1 aliphatic heterocycles. The Morgan fingerprint density at radius 3 is 2.44 bits per heavy atom.